The molecule has 0 saturated carbocycles. The lowest BCUT2D eigenvalue weighted by Crippen LogP contribution is -2.36. The van der Waals surface area contributed by atoms with Gasteiger partial charge in [0, 0.05) is 0 Å². The van der Waals surface area contributed by atoms with E-state index in [-0.39, 0.29) is 5.41 Å². The fourth-order valence-corrected chi connectivity index (χ4v) is 3.79. The third kappa shape index (κ3) is 2.76. The molecule has 0 aliphatic rings. The predicted octanol–water partition coefficient (Wildman–Crippen LogP) is 5.75. The van der Waals surface area contributed by atoms with Crippen molar-refractivity contribution in [3.05, 3.63) is 108 Å². The van der Waals surface area contributed by atoms with Gasteiger partial charge >= 0.3 is 0 Å². The summed E-state index contributed by atoms with van der Waals surface area (Å²) >= 11 is 0. The van der Waals surface area contributed by atoms with Gasteiger partial charge in [-0.25, -0.2) is 0 Å². The summed E-state index contributed by atoms with van der Waals surface area (Å²) in [6.45, 7) is 2.20. The SMILES string of the molecule is CCC(=P)C(c1ccccc1)(c1ccccc1)c1ccccc1. The molecule has 3 aromatic carbocycles. The normalized spacial score (nSPS) is 11.2. The first-order valence-corrected chi connectivity index (χ1v) is 8.54. The summed E-state index contributed by atoms with van der Waals surface area (Å²) in [6, 6.07) is 32.2. The minimum atomic E-state index is -0.282. The Bertz CT molecular complexity index is 664. The first-order valence-electron chi connectivity index (χ1n) is 8.04. The highest BCUT2D eigenvalue weighted by Gasteiger charge is 2.38. The quantitative estimate of drug-likeness (QED) is 0.415. The molecule has 0 N–H and O–H groups in total. The Labute approximate surface area is 141 Å². The molecule has 0 bridgehead atoms. The summed E-state index contributed by atoms with van der Waals surface area (Å²) < 4.78 is 0. The summed E-state index contributed by atoms with van der Waals surface area (Å²) in [6.07, 6.45) is 0.954. The Hall–Kier alpha value is -2.17. The molecule has 0 amide bonds. The Morgan fingerprint density at radius 1 is 0.652 bits per heavy atom. The van der Waals surface area contributed by atoms with Crippen molar-refractivity contribution in [3.63, 3.8) is 0 Å². The van der Waals surface area contributed by atoms with Gasteiger partial charge < -0.3 is 0 Å². The topological polar surface area (TPSA) is 0 Å². The summed E-state index contributed by atoms with van der Waals surface area (Å²) in [5.41, 5.74) is 3.56. The van der Waals surface area contributed by atoms with E-state index in [1.807, 2.05) is 0 Å². The monoisotopic (exact) mass is 316 g/mol. The minimum absolute atomic E-state index is 0.282. The zero-order valence-corrected chi connectivity index (χ0v) is 14.4. The zero-order valence-electron chi connectivity index (χ0n) is 13.4. The first kappa shape index (κ1) is 15.7. The van der Waals surface area contributed by atoms with Crippen molar-refractivity contribution in [1.82, 2.24) is 0 Å². The maximum atomic E-state index is 3.99. The number of hydrogen-bond acceptors (Lipinski definition) is 0. The second-order valence-electron chi connectivity index (χ2n) is 5.68. The molecular formula is C22H21P. The van der Waals surface area contributed by atoms with Crippen LogP contribution in [0.15, 0.2) is 91.0 Å². The molecule has 0 aliphatic carbocycles. The van der Waals surface area contributed by atoms with Crippen LogP contribution in [0.2, 0.25) is 0 Å². The molecule has 0 unspecified atom stereocenters. The first-order chi connectivity index (χ1) is 11.3. The van der Waals surface area contributed by atoms with Crippen LogP contribution in [0.4, 0.5) is 0 Å². The van der Waals surface area contributed by atoms with Crippen LogP contribution in [0.25, 0.3) is 0 Å². The van der Waals surface area contributed by atoms with Crippen LogP contribution < -0.4 is 0 Å². The van der Waals surface area contributed by atoms with Crippen molar-refractivity contribution in [2.75, 3.05) is 0 Å². The van der Waals surface area contributed by atoms with Crippen LogP contribution in [0.5, 0.6) is 0 Å². The van der Waals surface area contributed by atoms with Gasteiger partial charge in [-0.05, 0) is 28.4 Å². The van der Waals surface area contributed by atoms with E-state index in [0.717, 1.165) is 6.42 Å². The van der Waals surface area contributed by atoms with Gasteiger partial charge in [-0.15, -0.1) is 8.86 Å². The molecule has 0 heterocycles. The maximum absolute atomic E-state index is 3.99. The Kier molecular flexibility index (Phi) is 4.74. The summed E-state index contributed by atoms with van der Waals surface area (Å²) in [5.74, 6) is 0. The maximum Gasteiger partial charge on any atom is 0.0701 e. The molecule has 1 heteroatoms. The lowest BCUT2D eigenvalue weighted by molar-refractivity contribution is 0.822. The van der Waals surface area contributed by atoms with E-state index >= 15 is 0 Å². The van der Waals surface area contributed by atoms with Crippen LogP contribution in [-0.4, -0.2) is 5.29 Å². The largest absolute Gasteiger partial charge is 0.122 e. The van der Waals surface area contributed by atoms with Crippen LogP contribution in [0.3, 0.4) is 0 Å². The van der Waals surface area contributed by atoms with Crippen molar-refractivity contribution in [1.29, 1.82) is 0 Å². The lowest BCUT2D eigenvalue weighted by atomic mass is 9.66. The third-order valence-electron chi connectivity index (χ3n) is 4.43. The Morgan fingerprint density at radius 3 is 1.22 bits per heavy atom. The number of rotatable bonds is 5. The van der Waals surface area contributed by atoms with Crippen molar-refractivity contribution in [3.8, 4) is 0 Å². The Balaban J connectivity index is 2.38. The van der Waals surface area contributed by atoms with Crippen LogP contribution in [-0.2, 0) is 5.41 Å². The van der Waals surface area contributed by atoms with Gasteiger partial charge in [-0.3, -0.25) is 0 Å². The van der Waals surface area contributed by atoms with Crippen LogP contribution in [0, 0.1) is 0 Å². The van der Waals surface area contributed by atoms with Gasteiger partial charge in [0.05, 0.1) is 5.41 Å². The van der Waals surface area contributed by atoms with Crippen LogP contribution >= 0.6 is 8.86 Å². The van der Waals surface area contributed by atoms with Gasteiger partial charge in [-0.2, -0.15) is 0 Å². The van der Waals surface area contributed by atoms with E-state index in [9.17, 15) is 0 Å². The third-order valence-corrected chi connectivity index (χ3v) is 5.16. The van der Waals surface area contributed by atoms with Gasteiger partial charge in [0.15, 0.2) is 0 Å². The average molecular weight is 316 g/mol. The molecule has 114 valence electrons. The molecular weight excluding hydrogens is 295 g/mol. The fraction of sp³-hybridized carbons (Fsp3) is 0.136. The molecule has 0 atom stereocenters. The van der Waals surface area contributed by atoms with Crippen molar-refractivity contribution in [2.45, 2.75) is 18.8 Å². The molecule has 0 spiro atoms. The average Bonchev–Trinajstić information content (AvgIpc) is 2.65. The van der Waals surface area contributed by atoms with E-state index in [1.165, 1.54) is 22.0 Å². The molecule has 3 rings (SSSR count). The van der Waals surface area contributed by atoms with Crippen molar-refractivity contribution in [2.24, 2.45) is 0 Å². The van der Waals surface area contributed by atoms with E-state index in [1.54, 1.807) is 0 Å². The molecule has 0 aliphatic heterocycles. The van der Waals surface area contributed by atoms with E-state index < -0.39 is 0 Å². The van der Waals surface area contributed by atoms with Gasteiger partial charge in [0.1, 0.15) is 0 Å². The molecule has 0 nitrogen and oxygen atoms in total. The van der Waals surface area contributed by atoms with Crippen molar-refractivity contribution < 1.29 is 0 Å². The summed E-state index contributed by atoms with van der Waals surface area (Å²) in [5, 5.41) is 1.26. The number of benzene rings is 3. The molecule has 0 aromatic heterocycles. The van der Waals surface area contributed by atoms with E-state index in [4.69, 9.17) is 0 Å². The van der Waals surface area contributed by atoms with E-state index in [0.29, 0.717) is 0 Å². The highest BCUT2D eigenvalue weighted by Crippen LogP contribution is 2.41. The molecule has 0 saturated heterocycles. The fourth-order valence-electron chi connectivity index (χ4n) is 3.35. The zero-order chi connectivity index (χ0) is 16.1. The number of hydrogen-bond donors (Lipinski definition) is 0. The predicted molar refractivity (Wildman–Crippen MR) is 103 cm³/mol. The molecule has 0 fully saturated rings. The lowest BCUT2D eigenvalue weighted by Gasteiger charge is -2.37. The van der Waals surface area contributed by atoms with Gasteiger partial charge in [0.25, 0.3) is 0 Å². The highest BCUT2D eigenvalue weighted by atomic mass is 31.0. The standard InChI is InChI=1S/C22H21P/c1-2-21(23)22(18-12-6-3-7-13-18,19-14-8-4-9-15-19)20-16-10-5-11-17-20/h3-17,23H,2H2,1H3. The molecule has 23 heavy (non-hydrogen) atoms. The van der Waals surface area contributed by atoms with E-state index in [2.05, 4.69) is 107 Å². The second-order valence-corrected chi connectivity index (χ2v) is 6.28. The molecule has 3 aromatic rings. The summed E-state index contributed by atoms with van der Waals surface area (Å²) in [4.78, 5) is 0. The second kappa shape index (κ2) is 6.94. The Morgan fingerprint density at radius 2 is 0.957 bits per heavy atom. The highest BCUT2D eigenvalue weighted by molar-refractivity contribution is 7.21. The van der Waals surface area contributed by atoms with Crippen LogP contribution in [0.1, 0.15) is 30.0 Å². The molecule has 0 radical (unpaired) electrons. The summed E-state index contributed by atoms with van der Waals surface area (Å²) in [7, 11) is 3.99. The minimum Gasteiger partial charge on any atom is -0.122 e. The smallest absolute Gasteiger partial charge is 0.0701 e. The van der Waals surface area contributed by atoms with Crippen molar-refractivity contribution >= 4 is 14.2 Å². The van der Waals surface area contributed by atoms with Gasteiger partial charge in [0.2, 0.25) is 0 Å². The van der Waals surface area contributed by atoms with Gasteiger partial charge in [-0.1, -0.05) is 97.9 Å².